The van der Waals surface area contributed by atoms with E-state index in [4.69, 9.17) is 4.74 Å². The average Bonchev–Trinajstić information content (AvgIpc) is 3.13. The number of esters is 1. The maximum absolute atomic E-state index is 14.2. The van der Waals surface area contributed by atoms with E-state index in [0.717, 1.165) is 30.6 Å². The molecular weight excluding hydrogens is 328 g/mol. The number of benzene rings is 1. The van der Waals surface area contributed by atoms with Crippen LogP contribution in [-0.4, -0.2) is 48.4 Å². The number of carbonyl (C=O) groups excluding carboxylic acids is 2. The number of anilines is 1. The van der Waals surface area contributed by atoms with Gasteiger partial charge in [0.15, 0.2) is 5.78 Å². The number of ketones is 1. The summed E-state index contributed by atoms with van der Waals surface area (Å²) in [7, 11) is 1.42. The minimum atomic E-state index is -1.04. The summed E-state index contributed by atoms with van der Waals surface area (Å²) in [6, 6.07) is 8.46. The number of rotatable bonds is 1. The number of methoxy groups -OCH3 is 1. The van der Waals surface area contributed by atoms with Gasteiger partial charge in [0, 0.05) is 30.2 Å². The second-order valence-corrected chi connectivity index (χ2v) is 8.44. The second kappa shape index (κ2) is 4.39. The van der Waals surface area contributed by atoms with Crippen LogP contribution in [0, 0.1) is 11.3 Å². The fourth-order valence-electron chi connectivity index (χ4n) is 7.18. The minimum absolute atomic E-state index is 0.0219. The standard InChI is InChI=1S/C21H22N2O3/c1-3-11-10-23-15-8-13(11)21(19(25)26-2)16(23)9-20(18(21)24)12-6-4-5-7-14(12)22-17(15)20/h3-7,13,15-17,22H,8-10H2,1-2H3/b11-3-/t13-,15-,16-,17-,20+,21+/m0/s1. The van der Waals surface area contributed by atoms with Gasteiger partial charge in [-0.2, -0.15) is 0 Å². The third kappa shape index (κ3) is 1.23. The zero-order valence-electron chi connectivity index (χ0n) is 15.0. The molecule has 0 radical (unpaired) electrons. The van der Waals surface area contributed by atoms with Crippen LogP contribution in [0.1, 0.15) is 25.3 Å². The molecule has 1 N–H and O–H groups in total. The minimum Gasteiger partial charge on any atom is -0.468 e. The maximum Gasteiger partial charge on any atom is 0.321 e. The topological polar surface area (TPSA) is 58.6 Å². The molecule has 5 fully saturated rings. The summed E-state index contributed by atoms with van der Waals surface area (Å²) in [6.45, 7) is 2.89. The highest BCUT2D eigenvalue weighted by molar-refractivity contribution is 6.15. The van der Waals surface area contributed by atoms with E-state index in [1.54, 1.807) is 0 Å². The summed E-state index contributed by atoms with van der Waals surface area (Å²) in [5.74, 6) is -0.258. The van der Waals surface area contributed by atoms with E-state index in [9.17, 15) is 9.59 Å². The summed E-state index contributed by atoms with van der Waals surface area (Å²) in [5, 5.41) is 3.67. The van der Waals surface area contributed by atoms with Crippen molar-refractivity contribution in [2.75, 3.05) is 19.0 Å². The molecule has 5 heteroatoms. The lowest BCUT2D eigenvalue weighted by molar-refractivity contribution is -0.172. The fraction of sp³-hybridized carbons (Fsp3) is 0.524. The number of carbonyl (C=O) groups is 2. The largest absolute Gasteiger partial charge is 0.468 e. The summed E-state index contributed by atoms with van der Waals surface area (Å²) in [4.78, 5) is 29.8. The molecule has 1 aromatic rings. The van der Waals surface area contributed by atoms with Crippen molar-refractivity contribution in [3.8, 4) is 0 Å². The lowest BCUT2D eigenvalue weighted by Crippen LogP contribution is -2.71. The number of fused-ring (bicyclic) bond motifs is 2. The van der Waals surface area contributed by atoms with Gasteiger partial charge in [0.1, 0.15) is 5.41 Å². The molecule has 4 saturated heterocycles. The molecule has 1 aromatic carbocycles. The maximum atomic E-state index is 14.2. The van der Waals surface area contributed by atoms with Gasteiger partial charge in [-0.05, 0) is 31.4 Å². The lowest BCUT2D eigenvalue weighted by Gasteiger charge is -2.60. The smallest absolute Gasteiger partial charge is 0.321 e. The van der Waals surface area contributed by atoms with E-state index in [-0.39, 0.29) is 29.8 Å². The van der Waals surface area contributed by atoms with Crippen LogP contribution in [0.2, 0.25) is 0 Å². The Kier molecular flexibility index (Phi) is 2.53. The molecule has 26 heavy (non-hydrogen) atoms. The van der Waals surface area contributed by atoms with Crippen molar-refractivity contribution < 1.29 is 14.3 Å². The van der Waals surface area contributed by atoms with E-state index in [1.165, 1.54) is 12.7 Å². The molecule has 1 unspecified atom stereocenters. The first-order chi connectivity index (χ1) is 12.6. The quantitative estimate of drug-likeness (QED) is 0.476. The Labute approximate surface area is 152 Å². The molecule has 5 bridgehead atoms. The van der Waals surface area contributed by atoms with Crippen molar-refractivity contribution in [3.05, 3.63) is 41.5 Å². The van der Waals surface area contributed by atoms with Crippen molar-refractivity contribution in [2.24, 2.45) is 11.3 Å². The summed E-state index contributed by atoms with van der Waals surface area (Å²) < 4.78 is 5.28. The number of ether oxygens (including phenoxy) is 1. The normalized spacial score (nSPS) is 47.7. The van der Waals surface area contributed by atoms with E-state index < -0.39 is 10.8 Å². The number of hydrogen-bond donors (Lipinski definition) is 1. The van der Waals surface area contributed by atoms with Crippen LogP contribution in [0.4, 0.5) is 5.69 Å². The molecule has 0 aromatic heterocycles. The molecule has 1 spiro atoms. The van der Waals surface area contributed by atoms with Gasteiger partial charge >= 0.3 is 5.97 Å². The molecule has 7 atom stereocenters. The Bertz CT molecular complexity index is 908. The van der Waals surface area contributed by atoms with Gasteiger partial charge in [-0.15, -0.1) is 0 Å². The van der Waals surface area contributed by atoms with Crippen LogP contribution in [0.5, 0.6) is 0 Å². The van der Waals surface area contributed by atoms with E-state index in [1.807, 2.05) is 19.1 Å². The number of hydrogen-bond acceptors (Lipinski definition) is 5. The van der Waals surface area contributed by atoms with Crippen LogP contribution >= 0.6 is 0 Å². The van der Waals surface area contributed by atoms with Gasteiger partial charge in [0.25, 0.3) is 0 Å². The van der Waals surface area contributed by atoms with Crippen molar-refractivity contribution >= 4 is 17.4 Å². The molecule has 6 aliphatic rings. The van der Waals surface area contributed by atoms with E-state index >= 15 is 0 Å². The molecule has 1 aliphatic carbocycles. The SMILES string of the molecule is C/C=C1/CN2[C@H]3C[C@]45C(=O)[C@@]3(C(=O)OC)[C@H]1C[C@H]2[C@@H]4Nc1ccccc15. The van der Waals surface area contributed by atoms with Crippen LogP contribution in [-0.2, 0) is 19.7 Å². The Morgan fingerprint density at radius 2 is 2.19 bits per heavy atom. The summed E-state index contributed by atoms with van der Waals surface area (Å²) in [5.41, 5.74) is 1.73. The van der Waals surface area contributed by atoms with Gasteiger partial charge in [-0.3, -0.25) is 14.5 Å². The average molecular weight is 350 g/mol. The zero-order valence-corrected chi connectivity index (χ0v) is 15.0. The van der Waals surface area contributed by atoms with E-state index in [0.29, 0.717) is 6.04 Å². The van der Waals surface area contributed by atoms with E-state index in [2.05, 4.69) is 28.4 Å². The predicted octanol–water partition coefficient (Wildman–Crippen LogP) is 1.88. The molecular formula is C21H22N2O3. The number of para-hydroxylation sites is 1. The number of allylic oxidation sites excluding steroid dienone is 1. The highest BCUT2D eigenvalue weighted by Crippen LogP contribution is 2.70. The molecule has 5 aliphatic heterocycles. The fourth-order valence-corrected chi connectivity index (χ4v) is 7.18. The van der Waals surface area contributed by atoms with Crippen molar-refractivity contribution in [2.45, 2.75) is 43.3 Å². The lowest BCUT2D eigenvalue weighted by atomic mass is 9.59. The Hall–Kier alpha value is -2.14. The molecule has 5 nitrogen and oxygen atoms in total. The van der Waals surface area contributed by atoms with Crippen LogP contribution in [0.3, 0.4) is 0 Å². The zero-order chi connectivity index (χ0) is 17.8. The number of nitrogens with zero attached hydrogens (tertiary/aromatic N) is 1. The Morgan fingerprint density at radius 3 is 2.96 bits per heavy atom. The number of piperidine rings is 4. The summed E-state index contributed by atoms with van der Waals surface area (Å²) in [6.07, 6.45) is 3.68. The third-order valence-corrected chi connectivity index (χ3v) is 8.02. The second-order valence-electron chi connectivity index (χ2n) is 8.44. The third-order valence-electron chi connectivity index (χ3n) is 8.02. The molecule has 5 heterocycles. The van der Waals surface area contributed by atoms with Gasteiger partial charge in [-0.25, -0.2) is 0 Å². The first-order valence-corrected chi connectivity index (χ1v) is 9.51. The number of Topliss-reactive ketones (excluding diaryl/α,β-unsaturated/α-hetero) is 1. The van der Waals surface area contributed by atoms with Crippen LogP contribution in [0.25, 0.3) is 0 Å². The Balaban J connectivity index is 1.67. The number of nitrogens with one attached hydrogen (secondary N) is 1. The van der Waals surface area contributed by atoms with Crippen LogP contribution in [0.15, 0.2) is 35.9 Å². The first kappa shape index (κ1) is 15.0. The van der Waals surface area contributed by atoms with Crippen molar-refractivity contribution in [3.63, 3.8) is 0 Å². The van der Waals surface area contributed by atoms with Gasteiger partial charge in [0.05, 0.1) is 18.6 Å². The molecule has 0 amide bonds. The van der Waals surface area contributed by atoms with Gasteiger partial charge in [-0.1, -0.05) is 29.8 Å². The Morgan fingerprint density at radius 1 is 1.38 bits per heavy atom. The van der Waals surface area contributed by atoms with Crippen molar-refractivity contribution in [1.82, 2.24) is 4.90 Å². The predicted molar refractivity (Wildman–Crippen MR) is 95.7 cm³/mol. The van der Waals surface area contributed by atoms with Crippen molar-refractivity contribution in [1.29, 1.82) is 0 Å². The first-order valence-electron chi connectivity index (χ1n) is 9.51. The van der Waals surface area contributed by atoms with Gasteiger partial charge in [0.2, 0.25) is 0 Å². The van der Waals surface area contributed by atoms with Crippen LogP contribution < -0.4 is 5.32 Å². The molecule has 1 saturated carbocycles. The highest BCUT2D eigenvalue weighted by atomic mass is 16.5. The monoisotopic (exact) mass is 350 g/mol. The van der Waals surface area contributed by atoms with Gasteiger partial charge < -0.3 is 10.1 Å². The highest BCUT2D eigenvalue weighted by Gasteiger charge is 2.82. The molecule has 7 rings (SSSR count). The molecule has 134 valence electrons. The summed E-state index contributed by atoms with van der Waals surface area (Å²) >= 11 is 0.